The van der Waals surface area contributed by atoms with Gasteiger partial charge < -0.3 is 5.32 Å². The van der Waals surface area contributed by atoms with Crippen LogP contribution in [0.3, 0.4) is 0 Å². The van der Waals surface area contributed by atoms with Crippen LogP contribution in [-0.2, 0) is 15.0 Å². The predicted octanol–water partition coefficient (Wildman–Crippen LogP) is 1.19. The summed E-state index contributed by atoms with van der Waals surface area (Å²) in [6.07, 6.45) is -6.24. The Bertz CT molecular complexity index is 572. The number of nitrogens with one attached hydrogen (secondary N) is 2. The number of carbonyl (C=O) groups excluding carboxylic acids is 1. The van der Waals surface area contributed by atoms with Crippen LogP contribution in [0.4, 0.5) is 24.5 Å². The molecule has 0 aliphatic heterocycles. The number of carbonyl (C=O) groups is 1. The molecule has 0 saturated carbocycles. The Hall–Kier alpha value is -1.81. The van der Waals surface area contributed by atoms with E-state index in [-0.39, 0.29) is 11.4 Å². The maximum absolute atomic E-state index is 11.9. The number of hydrogen-bond acceptors (Lipinski definition) is 3. The summed E-state index contributed by atoms with van der Waals surface area (Å²) >= 11 is 0. The molecule has 1 aromatic rings. The Labute approximate surface area is 107 Å². The number of benzene rings is 1. The SMILES string of the molecule is NS(=O)(=O)Nc1cccc(NC(=O)CC(F)(F)F)c1. The molecule has 106 valence electrons. The molecule has 0 fully saturated rings. The fourth-order valence-electron chi connectivity index (χ4n) is 1.21. The van der Waals surface area contributed by atoms with Crippen LogP contribution in [0.5, 0.6) is 0 Å². The highest BCUT2D eigenvalue weighted by molar-refractivity contribution is 7.90. The van der Waals surface area contributed by atoms with E-state index in [1.807, 2.05) is 10.0 Å². The molecule has 1 amide bonds. The predicted molar refractivity (Wildman–Crippen MR) is 62.5 cm³/mol. The van der Waals surface area contributed by atoms with Crippen LogP contribution < -0.4 is 15.2 Å². The van der Waals surface area contributed by atoms with E-state index in [0.717, 1.165) is 6.07 Å². The van der Waals surface area contributed by atoms with Gasteiger partial charge in [-0.05, 0) is 18.2 Å². The molecule has 4 N–H and O–H groups in total. The summed E-state index contributed by atoms with van der Waals surface area (Å²) in [6.45, 7) is 0. The third kappa shape index (κ3) is 6.62. The van der Waals surface area contributed by atoms with Crippen molar-refractivity contribution in [2.75, 3.05) is 10.0 Å². The van der Waals surface area contributed by atoms with Gasteiger partial charge in [-0.15, -0.1) is 0 Å². The van der Waals surface area contributed by atoms with Crippen LogP contribution in [0.2, 0.25) is 0 Å². The second-order valence-corrected chi connectivity index (χ2v) is 4.86. The largest absolute Gasteiger partial charge is 0.397 e. The van der Waals surface area contributed by atoms with Crippen molar-refractivity contribution < 1.29 is 26.4 Å². The summed E-state index contributed by atoms with van der Waals surface area (Å²) in [7, 11) is -3.99. The number of rotatable bonds is 4. The molecule has 0 atom stereocenters. The average molecular weight is 297 g/mol. The number of amides is 1. The van der Waals surface area contributed by atoms with Crippen molar-refractivity contribution in [3.63, 3.8) is 0 Å². The zero-order chi connectivity index (χ0) is 14.7. The Morgan fingerprint density at radius 1 is 1.26 bits per heavy atom. The van der Waals surface area contributed by atoms with Gasteiger partial charge in [0.05, 0.1) is 5.69 Å². The summed E-state index contributed by atoms with van der Waals surface area (Å²) in [6, 6.07) is 5.11. The molecule has 0 aliphatic rings. The molecular weight excluding hydrogens is 287 g/mol. The number of halogens is 3. The molecule has 0 heterocycles. The van der Waals surface area contributed by atoms with Gasteiger partial charge in [-0.2, -0.15) is 21.6 Å². The lowest BCUT2D eigenvalue weighted by atomic mass is 10.2. The first-order valence-corrected chi connectivity index (χ1v) is 6.37. The molecule has 19 heavy (non-hydrogen) atoms. The molecule has 1 rings (SSSR count). The molecule has 0 saturated heterocycles. The number of alkyl halides is 3. The summed E-state index contributed by atoms with van der Waals surface area (Å²) in [5.74, 6) is -1.25. The molecule has 0 bridgehead atoms. The van der Waals surface area contributed by atoms with E-state index in [1.54, 1.807) is 0 Å². The second kappa shape index (κ2) is 5.45. The van der Waals surface area contributed by atoms with Gasteiger partial charge in [0.2, 0.25) is 5.91 Å². The van der Waals surface area contributed by atoms with Gasteiger partial charge >= 0.3 is 6.18 Å². The van der Waals surface area contributed by atoms with Gasteiger partial charge in [-0.3, -0.25) is 9.52 Å². The number of nitrogens with two attached hydrogens (primary N) is 1. The molecule has 0 radical (unpaired) electrons. The molecular formula is C9H10F3N3O3S. The monoisotopic (exact) mass is 297 g/mol. The van der Waals surface area contributed by atoms with E-state index in [2.05, 4.69) is 0 Å². The van der Waals surface area contributed by atoms with Crippen LogP contribution in [0.1, 0.15) is 6.42 Å². The average Bonchev–Trinajstić information content (AvgIpc) is 2.11. The fourth-order valence-corrected chi connectivity index (χ4v) is 1.67. The van der Waals surface area contributed by atoms with Gasteiger partial charge in [-0.25, -0.2) is 5.14 Å². The maximum atomic E-state index is 11.9. The fraction of sp³-hybridized carbons (Fsp3) is 0.222. The zero-order valence-corrected chi connectivity index (χ0v) is 10.2. The van der Waals surface area contributed by atoms with Crippen LogP contribution in [-0.4, -0.2) is 20.5 Å². The Morgan fingerprint density at radius 3 is 2.37 bits per heavy atom. The Morgan fingerprint density at radius 2 is 1.84 bits per heavy atom. The van der Waals surface area contributed by atoms with Crippen molar-refractivity contribution in [2.45, 2.75) is 12.6 Å². The van der Waals surface area contributed by atoms with Gasteiger partial charge in [-0.1, -0.05) is 6.07 Å². The lowest BCUT2D eigenvalue weighted by Crippen LogP contribution is -2.22. The van der Waals surface area contributed by atoms with E-state index in [9.17, 15) is 26.4 Å². The third-order valence-electron chi connectivity index (χ3n) is 1.77. The van der Waals surface area contributed by atoms with E-state index in [1.165, 1.54) is 18.2 Å². The molecule has 0 unspecified atom stereocenters. The lowest BCUT2D eigenvalue weighted by Gasteiger charge is -2.09. The molecule has 0 spiro atoms. The van der Waals surface area contributed by atoms with Crippen LogP contribution in [0.15, 0.2) is 24.3 Å². The summed E-state index contributed by atoms with van der Waals surface area (Å²) in [5.41, 5.74) is 0.0372. The smallest absolute Gasteiger partial charge is 0.326 e. The Balaban J connectivity index is 2.75. The van der Waals surface area contributed by atoms with Gasteiger partial charge in [0, 0.05) is 5.69 Å². The number of hydrogen-bond donors (Lipinski definition) is 3. The molecule has 0 aliphatic carbocycles. The molecule has 6 nitrogen and oxygen atoms in total. The second-order valence-electron chi connectivity index (χ2n) is 3.57. The standard InChI is InChI=1S/C9H10F3N3O3S/c10-9(11,12)5-8(16)14-6-2-1-3-7(4-6)15-19(13,17)18/h1-4,15H,5H2,(H,14,16)(H2,13,17,18). The summed E-state index contributed by atoms with van der Waals surface area (Å²) < 4.78 is 59.2. The minimum absolute atomic E-state index is 0.0166. The van der Waals surface area contributed by atoms with Crippen molar-refractivity contribution in [1.82, 2.24) is 0 Å². The van der Waals surface area contributed by atoms with Crippen LogP contribution in [0.25, 0.3) is 0 Å². The summed E-state index contributed by atoms with van der Waals surface area (Å²) in [5, 5.41) is 6.72. The third-order valence-corrected chi connectivity index (χ3v) is 2.29. The molecule has 10 heteroatoms. The molecule has 0 aromatic heterocycles. The van der Waals surface area contributed by atoms with Crippen molar-refractivity contribution in [1.29, 1.82) is 0 Å². The Kier molecular flexibility index (Phi) is 4.37. The summed E-state index contributed by atoms with van der Waals surface area (Å²) in [4.78, 5) is 11.0. The van der Waals surface area contributed by atoms with Crippen LogP contribution >= 0.6 is 0 Å². The number of anilines is 2. The van der Waals surface area contributed by atoms with Crippen molar-refractivity contribution in [3.05, 3.63) is 24.3 Å². The van der Waals surface area contributed by atoms with Crippen LogP contribution in [0, 0.1) is 0 Å². The van der Waals surface area contributed by atoms with Gasteiger partial charge in [0.15, 0.2) is 0 Å². The normalized spacial score (nSPS) is 12.0. The van der Waals surface area contributed by atoms with Gasteiger partial charge in [0.25, 0.3) is 10.2 Å². The van der Waals surface area contributed by atoms with E-state index < -0.39 is 28.7 Å². The van der Waals surface area contributed by atoms with E-state index in [0.29, 0.717) is 0 Å². The van der Waals surface area contributed by atoms with Gasteiger partial charge in [0.1, 0.15) is 6.42 Å². The van der Waals surface area contributed by atoms with Crippen molar-refractivity contribution in [2.24, 2.45) is 5.14 Å². The quantitative estimate of drug-likeness (QED) is 0.778. The zero-order valence-electron chi connectivity index (χ0n) is 9.36. The highest BCUT2D eigenvalue weighted by Crippen LogP contribution is 2.21. The minimum atomic E-state index is -4.61. The molecule has 1 aromatic carbocycles. The minimum Gasteiger partial charge on any atom is -0.326 e. The highest BCUT2D eigenvalue weighted by Gasteiger charge is 2.31. The first kappa shape index (κ1) is 15.2. The first-order chi connectivity index (χ1) is 8.55. The van der Waals surface area contributed by atoms with Crippen molar-refractivity contribution >= 4 is 27.5 Å². The van der Waals surface area contributed by atoms with E-state index in [4.69, 9.17) is 5.14 Å². The lowest BCUT2D eigenvalue weighted by molar-refractivity contribution is -0.150. The first-order valence-electron chi connectivity index (χ1n) is 4.82. The highest BCUT2D eigenvalue weighted by atomic mass is 32.2. The van der Waals surface area contributed by atoms with Crippen molar-refractivity contribution in [3.8, 4) is 0 Å². The topological polar surface area (TPSA) is 101 Å². The maximum Gasteiger partial charge on any atom is 0.397 e. The van der Waals surface area contributed by atoms with E-state index >= 15 is 0 Å².